The van der Waals surface area contributed by atoms with Crippen molar-refractivity contribution in [3.8, 4) is 0 Å². The SMILES string of the molecule is CN1CCc2cc(C(O)CNC(=O)c3ccccc3I)ccc21. The Morgan fingerprint density at radius 1 is 1.35 bits per heavy atom. The minimum absolute atomic E-state index is 0.157. The second-order valence-electron chi connectivity index (χ2n) is 5.77. The Bertz CT molecular complexity index is 733. The van der Waals surface area contributed by atoms with Crippen molar-refractivity contribution >= 4 is 34.2 Å². The molecule has 1 aliphatic rings. The van der Waals surface area contributed by atoms with Gasteiger partial charge in [0.15, 0.2) is 0 Å². The van der Waals surface area contributed by atoms with E-state index in [2.05, 4.69) is 39.9 Å². The fourth-order valence-electron chi connectivity index (χ4n) is 2.84. The Hall–Kier alpha value is -1.60. The summed E-state index contributed by atoms with van der Waals surface area (Å²) in [7, 11) is 2.07. The minimum atomic E-state index is -0.698. The van der Waals surface area contributed by atoms with Crippen LogP contribution in [0.1, 0.15) is 27.6 Å². The standard InChI is InChI=1S/C18H19IN2O2/c1-21-9-8-12-10-13(6-7-16(12)21)17(22)11-20-18(23)14-4-2-3-5-15(14)19/h2-7,10,17,22H,8-9,11H2,1H3,(H,20,23). The molecule has 2 aromatic carbocycles. The summed E-state index contributed by atoms with van der Waals surface area (Å²) in [6.07, 6.45) is 0.303. The highest BCUT2D eigenvalue weighted by molar-refractivity contribution is 14.1. The molecule has 4 nitrogen and oxygen atoms in total. The molecule has 3 rings (SSSR count). The van der Waals surface area contributed by atoms with Crippen LogP contribution in [-0.4, -0.2) is 31.2 Å². The molecule has 5 heteroatoms. The lowest BCUT2D eigenvalue weighted by Crippen LogP contribution is -2.29. The molecule has 2 N–H and O–H groups in total. The molecule has 0 saturated carbocycles. The van der Waals surface area contributed by atoms with Crippen molar-refractivity contribution in [1.29, 1.82) is 0 Å². The zero-order valence-corrected chi connectivity index (χ0v) is 15.1. The van der Waals surface area contributed by atoms with Gasteiger partial charge in [0.05, 0.1) is 11.7 Å². The van der Waals surface area contributed by atoms with E-state index >= 15 is 0 Å². The van der Waals surface area contributed by atoms with Crippen LogP contribution in [0.2, 0.25) is 0 Å². The third-order valence-electron chi connectivity index (χ3n) is 4.19. The fourth-order valence-corrected chi connectivity index (χ4v) is 3.47. The van der Waals surface area contributed by atoms with Crippen LogP contribution in [0.5, 0.6) is 0 Å². The third-order valence-corrected chi connectivity index (χ3v) is 5.13. The van der Waals surface area contributed by atoms with E-state index < -0.39 is 6.10 Å². The first-order valence-corrected chi connectivity index (χ1v) is 8.69. The zero-order chi connectivity index (χ0) is 16.4. The van der Waals surface area contributed by atoms with E-state index in [0.717, 1.165) is 22.1 Å². The van der Waals surface area contributed by atoms with Crippen LogP contribution < -0.4 is 10.2 Å². The highest BCUT2D eigenvalue weighted by Gasteiger charge is 2.18. The molecule has 1 heterocycles. The van der Waals surface area contributed by atoms with E-state index in [1.807, 2.05) is 36.4 Å². The number of amides is 1. The van der Waals surface area contributed by atoms with Gasteiger partial charge in [-0.25, -0.2) is 0 Å². The largest absolute Gasteiger partial charge is 0.387 e. The molecule has 0 radical (unpaired) electrons. The van der Waals surface area contributed by atoms with E-state index in [1.165, 1.54) is 11.3 Å². The number of anilines is 1. The van der Waals surface area contributed by atoms with Crippen molar-refractivity contribution in [2.45, 2.75) is 12.5 Å². The van der Waals surface area contributed by atoms with Crippen LogP contribution in [0.15, 0.2) is 42.5 Å². The minimum Gasteiger partial charge on any atom is -0.387 e. The van der Waals surface area contributed by atoms with Gasteiger partial charge in [0.1, 0.15) is 0 Å². The quantitative estimate of drug-likeness (QED) is 0.746. The van der Waals surface area contributed by atoms with Crippen LogP contribution >= 0.6 is 22.6 Å². The summed E-state index contributed by atoms with van der Waals surface area (Å²) < 4.78 is 0.901. The number of hydrogen-bond acceptors (Lipinski definition) is 3. The first-order valence-electron chi connectivity index (χ1n) is 7.61. The molecule has 0 aliphatic carbocycles. The molecule has 0 saturated heterocycles. The monoisotopic (exact) mass is 422 g/mol. The molecule has 1 atom stereocenters. The number of hydrogen-bond donors (Lipinski definition) is 2. The number of likely N-dealkylation sites (N-methyl/N-ethyl adjacent to an activating group) is 1. The maximum Gasteiger partial charge on any atom is 0.252 e. The van der Waals surface area contributed by atoms with Gasteiger partial charge in [-0.1, -0.05) is 24.3 Å². The summed E-state index contributed by atoms with van der Waals surface area (Å²) in [4.78, 5) is 14.4. The lowest BCUT2D eigenvalue weighted by Gasteiger charge is -2.16. The second kappa shape index (κ2) is 6.88. The third kappa shape index (κ3) is 3.50. The van der Waals surface area contributed by atoms with Crippen molar-refractivity contribution in [2.75, 3.05) is 25.0 Å². The fraction of sp³-hybridized carbons (Fsp3) is 0.278. The molecule has 1 aliphatic heterocycles. The highest BCUT2D eigenvalue weighted by atomic mass is 127. The maximum absolute atomic E-state index is 12.2. The molecule has 2 aromatic rings. The Labute approximate surface area is 149 Å². The molecule has 0 bridgehead atoms. The Balaban J connectivity index is 1.65. The molecule has 1 amide bonds. The van der Waals surface area contributed by atoms with Gasteiger partial charge in [-0.2, -0.15) is 0 Å². The van der Waals surface area contributed by atoms with Gasteiger partial charge in [-0.05, 0) is 58.3 Å². The Morgan fingerprint density at radius 3 is 2.91 bits per heavy atom. The van der Waals surface area contributed by atoms with E-state index in [4.69, 9.17) is 0 Å². The van der Waals surface area contributed by atoms with Crippen LogP contribution in [0.25, 0.3) is 0 Å². The topological polar surface area (TPSA) is 52.6 Å². The Morgan fingerprint density at radius 2 is 2.13 bits per heavy atom. The predicted molar refractivity (Wildman–Crippen MR) is 99.9 cm³/mol. The molecule has 1 unspecified atom stereocenters. The number of benzene rings is 2. The zero-order valence-electron chi connectivity index (χ0n) is 12.9. The van der Waals surface area contributed by atoms with Gasteiger partial charge >= 0.3 is 0 Å². The van der Waals surface area contributed by atoms with E-state index in [0.29, 0.717) is 5.56 Å². The molecule has 23 heavy (non-hydrogen) atoms. The van der Waals surface area contributed by atoms with Crippen molar-refractivity contribution in [1.82, 2.24) is 5.32 Å². The Kier molecular flexibility index (Phi) is 4.87. The summed E-state index contributed by atoms with van der Waals surface area (Å²) in [6.45, 7) is 1.22. The molecule has 0 aromatic heterocycles. The highest BCUT2D eigenvalue weighted by Crippen LogP contribution is 2.29. The number of carbonyl (C=O) groups is 1. The number of carbonyl (C=O) groups excluding carboxylic acids is 1. The molecule has 0 spiro atoms. The van der Waals surface area contributed by atoms with Crippen LogP contribution in [0.3, 0.4) is 0 Å². The number of halogens is 1. The number of nitrogens with zero attached hydrogens (tertiary/aromatic N) is 1. The van der Waals surface area contributed by atoms with Crippen LogP contribution in [0.4, 0.5) is 5.69 Å². The summed E-state index contributed by atoms with van der Waals surface area (Å²) in [5.74, 6) is -0.157. The molecule has 0 fully saturated rings. The van der Waals surface area contributed by atoms with Crippen molar-refractivity contribution in [3.63, 3.8) is 0 Å². The van der Waals surface area contributed by atoms with Crippen LogP contribution in [-0.2, 0) is 6.42 Å². The summed E-state index contributed by atoms with van der Waals surface area (Å²) in [5.41, 5.74) is 3.97. The smallest absolute Gasteiger partial charge is 0.252 e. The molecular weight excluding hydrogens is 403 g/mol. The maximum atomic E-state index is 12.2. The van der Waals surface area contributed by atoms with Gasteiger partial charge in [0.25, 0.3) is 5.91 Å². The van der Waals surface area contributed by atoms with E-state index in [9.17, 15) is 9.90 Å². The van der Waals surface area contributed by atoms with Gasteiger partial charge in [0.2, 0.25) is 0 Å². The van der Waals surface area contributed by atoms with Crippen LogP contribution in [0, 0.1) is 3.57 Å². The van der Waals surface area contributed by atoms with Gasteiger partial charge in [-0.3, -0.25) is 4.79 Å². The van der Waals surface area contributed by atoms with Gasteiger partial charge in [-0.15, -0.1) is 0 Å². The summed E-state index contributed by atoms with van der Waals surface area (Å²) >= 11 is 2.14. The number of nitrogens with one attached hydrogen (secondary N) is 1. The van der Waals surface area contributed by atoms with Crippen molar-refractivity contribution in [2.24, 2.45) is 0 Å². The van der Waals surface area contributed by atoms with Gasteiger partial charge < -0.3 is 15.3 Å². The normalized spacial score (nSPS) is 14.5. The first kappa shape index (κ1) is 16.3. The van der Waals surface area contributed by atoms with Crippen molar-refractivity contribution < 1.29 is 9.90 Å². The average molecular weight is 422 g/mol. The molecule has 120 valence electrons. The summed E-state index contributed by atoms with van der Waals surface area (Å²) in [5, 5.41) is 13.2. The lowest BCUT2D eigenvalue weighted by molar-refractivity contribution is 0.0915. The van der Waals surface area contributed by atoms with Crippen molar-refractivity contribution in [3.05, 3.63) is 62.7 Å². The molecular formula is C18H19IN2O2. The number of fused-ring (bicyclic) bond motifs is 1. The number of aliphatic hydroxyl groups is 1. The summed E-state index contributed by atoms with van der Waals surface area (Å²) in [6, 6.07) is 13.4. The number of rotatable bonds is 4. The average Bonchev–Trinajstić information content (AvgIpc) is 2.93. The second-order valence-corrected chi connectivity index (χ2v) is 6.93. The van der Waals surface area contributed by atoms with E-state index in [-0.39, 0.29) is 12.5 Å². The first-order chi connectivity index (χ1) is 11.1. The van der Waals surface area contributed by atoms with E-state index in [1.54, 1.807) is 6.07 Å². The predicted octanol–water partition coefficient (Wildman–Crippen LogP) is 2.75. The lowest BCUT2D eigenvalue weighted by atomic mass is 10.0. The van der Waals surface area contributed by atoms with Gasteiger partial charge in [0, 0.05) is 29.4 Å². The number of aliphatic hydroxyl groups excluding tert-OH is 1.